The van der Waals surface area contributed by atoms with Crippen LogP contribution in [0.2, 0.25) is 10.0 Å². The van der Waals surface area contributed by atoms with Gasteiger partial charge >= 0.3 is 0 Å². The van der Waals surface area contributed by atoms with Gasteiger partial charge in [-0.25, -0.2) is 4.98 Å². The largest absolute Gasteiger partial charge is 0.381 e. The van der Waals surface area contributed by atoms with Crippen LogP contribution < -0.4 is 5.32 Å². The van der Waals surface area contributed by atoms with Crippen molar-refractivity contribution >= 4 is 50.7 Å². The molecule has 1 atom stereocenters. The van der Waals surface area contributed by atoms with Gasteiger partial charge < -0.3 is 10.2 Å². The number of nitrogens with zero attached hydrogens (tertiary/aromatic N) is 2. The first-order valence-electron chi connectivity index (χ1n) is 10.1. The van der Waals surface area contributed by atoms with Gasteiger partial charge in [0.05, 0.1) is 16.7 Å². The number of rotatable bonds is 8. The molecule has 5 heteroatoms. The van der Waals surface area contributed by atoms with Crippen LogP contribution >= 0.6 is 23.2 Å². The molecule has 0 spiro atoms. The molecule has 3 aromatic rings. The van der Waals surface area contributed by atoms with Crippen LogP contribution in [0.25, 0.3) is 21.8 Å². The maximum atomic E-state index is 6.36. The first kappa shape index (κ1) is 21.2. The molecule has 0 saturated carbocycles. The first-order valence-corrected chi connectivity index (χ1v) is 10.9. The van der Waals surface area contributed by atoms with Crippen molar-refractivity contribution in [3.05, 3.63) is 45.9 Å². The van der Waals surface area contributed by atoms with Gasteiger partial charge in [0.15, 0.2) is 0 Å². The van der Waals surface area contributed by atoms with Gasteiger partial charge in [0.25, 0.3) is 0 Å². The molecule has 150 valence electrons. The zero-order chi connectivity index (χ0) is 20.3. The molecular formula is C23H29Cl2N3. The Morgan fingerprint density at radius 2 is 1.79 bits per heavy atom. The third-order valence-electron chi connectivity index (χ3n) is 5.49. The lowest BCUT2D eigenvalue weighted by molar-refractivity contribution is 0.295. The molecule has 3 rings (SSSR count). The van der Waals surface area contributed by atoms with Crippen LogP contribution in [0.1, 0.15) is 39.2 Å². The highest BCUT2D eigenvalue weighted by molar-refractivity contribution is 6.33. The molecule has 0 bridgehead atoms. The number of pyridine rings is 1. The first-order chi connectivity index (χ1) is 13.4. The summed E-state index contributed by atoms with van der Waals surface area (Å²) in [5.41, 5.74) is 3.94. The van der Waals surface area contributed by atoms with Gasteiger partial charge in [-0.05, 0) is 82.2 Å². The van der Waals surface area contributed by atoms with Crippen LogP contribution in [0.5, 0.6) is 0 Å². The summed E-state index contributed by atoms with van der Waals surface area (Å²) in [6.07, 6.45) is 2.29. The summed E-state index contributed by atoms with van der Waals surface area (Å²) in [5, 5.41) is 7.38. The van der Waals surface area contributed by atoms with Crippen LogP contribution in [0.15, 0.2) is 30.3 Å². The molecule has 1 N–H and O–H groups in total. The van der Waals surface area contributed by atoms with E-state index in [1.807, 2.05) is 25.1 Å². The molecule has 0 saturated heterocycles. The van der Waals surface area contributed by atoms with Gasteiger partial charge in [-0.2, -0.15) is 0 Å². The number of hydrogen-bond acceptors (Lipinski definition) is 3. The average molecular weight is 418 g/mol. The normalized spacial score (nSPS) is 12.8. The standard InChI is InChI=1S/C23H29Cl2N3/c1-5-28(6-2)13-7-8-15(3)26-23-18-10-9-17(24)14-21(18)27-22-16(4)20(25)12-11-19(22)23/h9-12,14-15H,5-8,13H2,1-4H3,(H,26,27). The summed E-state index contributed by atoms with van der Waals surface area (Å²) in [7, 11) is 0. The second-order valence-electron chi connectivity index (χ2n) is 7.43. The molecule has 0 fully saturated rings. The second kappa shape index (κ2) is 9.30. The van der Waals surface area contributed by atoms with E-state index in [9.17, 15) is 0 Å². The smallest absolute Gasteiger partial charge is 0.0774 e. The lowest BCUT2D eigenvalue weighted by Crippen LogP contribution is -2.25. The van der Waals surface area contributed by atoms with Crippen molar-refractivity contribution in [2.24, 2.45) is 0 Å². The molecule has 0 aliphatic carbocycles. The van der Waals surface area contributed by atoms with Gasteiger partial charge in [-0.1, -0.05) is 37.0 Å². The number of aryl methyl sites for hydroxylation is 1. The van der Waals surface area contributed by atoms with Crippen molar-refractivity contribution in [1.29, 1.82) is 0 Å². The minimum atomic E-state index is 0.357. The molecule has 2 aromatic carbocycles. The lowest BCUT2D eigenvalue weighted by atomic mass is 10.0. The summed E-state index contributed by atoms with van der Waals surface area (Å²) in [5.74, 6) is 0. The van der Waals surface area contributed by atoms with E-state index < -0.39 is 0 Å². The second-order valence-corrected chi connectivity index (χ2v) is 8.27. The van der Waals surface area contributed by atoms with Crippen molar-refractivity contribution in [3.63, 3.8) is 0 Å². The Morgan fingerprint density at radius 1 is 1.07 bits per heavy atom. The number of aromatic nitrogens is 1. The quantitative estimate of drug-likeness (QED) is 0.402. The van der Waals surface area contributed by atoms with E-state index in [2.05, 4.69) is 43.1 Å². The fourth-order valence-electron chi connectivity index (χ4n) is 3.73. The number of anilines is 1. The molecule has 1 aromatic heterocycles. The van der Waals surface area contributed by atoms with E-state index in [0.29, 0.717) is 11.1 Å². The number of benzene rings is 2. The predicted octanol–water partition coefficient (Wildman–Crippen LogP) is 6.93. The zero-order valence-corrected chi connectivity index (χ0v) is 18.7. The Bertz CT molecular complexity index is 967. The van der Waals surface area contributed by atoms with Gasteiger partial charge in [0.1, 0.15) is 0 Å². The Labute approximate surface area is 178 Å². The highest BCUT2D eigenvalue weighted by Crippen LogP contribution is 2.36. The van der Waals surface area contributed by atoms with E-state index in [0.717, 1.165) is 64.1 Å². The predicted molar refractivity (Wildman–Crippen MR) is 124 cm³/mol. The number of halogens is 2. The van der Waals surface area contributed by atoms with E-state index in [1.54, 1.807) is 0 Å². The van der Waals surface area contributed by atoms with Crippen molar-refractivity contribution in [2.75, 3.05) is 25.0 Å². The maximum absolute atomic E-state index is 6.36. The van der Waals surface area contributed by atoms with Gasteiger partial charge in [0.2, 0.25) is 0 Å². The summed E-state index contributed by atoms with van der Waals surface area (Å²) in [6, 6.07) is 10.3. The van der Waals surface area contributed by atoms with Gasteiger partial charge in [-0.15, -0.1) is 0 Å². The molecule has 1 unspecified atom stereocenters. The Hall–Kier alpha value is -1.55. The highest BCUT2D eigenvalue weighted by atomic mass is 35.5. The van der Waals surface area contributed by atoms with Gasteiger partial charge in [0, 0.05) is 26.9 Å². The average Bonchev–Trinajstić information content (AvgIpc) is 2.68. The minimum absolute atomic E-state index is 0.357. The van der Waals surface area contributed by atoms with Gasteiger partial charge in [-0.3, -0.25) is 0 Å². The van der Waals surface area contributed by atoms with Crippen LogP contribution in [-0.2, 0) is 0 Å². The third-order valence-corrected chi connectivity index (χ3v) is 6.14. The minimum Gasteiger partial charge on any atom is -0.381 e. The molecule has 0 aliphatic heterocycles. The molecular weight excluding hydrogens is 389 g/mol. The SMILES string of the molecule is CCN(CC)CCCC(C)Nc1c2ccc(Cl)cc2nc2c(C)c(Cl)ccc12. The molecule has 0 radical (unpaired) electrons. The Kier molecular flexibility index (Phi) is 7.03. The van der Waals surface area contributed by atoms with E-state index >= 15 is 0 Å². The lowest BCUT2D eigenvalue weighted by Gasteiger charge is -2.22. The maximum Gasteiger partial charge on any atom is 0.0774 e. The third kappa shape index (κ3) is 4.53. The molecule has 0 amide bonds. The monoisotopic (exact) mass is 417 g/mol. The van der Waals surface area contributed by atoms with Crippen LogP contribution in [0, 0.1) is 6.92 Å². The van der Waals surface area contributed by atoms with E-state index in [1.165, 1.54) is 6.42 Å². The highest BCUT2D eigenvalue weighted by Gasteiger charge is 2.15. The van der Waals surface area contributed by atoms with Crippen LogP contribution in [-0.4, -0.2) is 35.6 Å². The van der Waals surface area contributed by atoms with E-state index in [4.69, 9.17) is 28.2 Å². The summed E-state index contributed by atoms with van der Waals surface area (Å²) < 4.78 is 0. The van der Waals surface area contributed by atoms with E-state index in [-0.39, 0.29) is 0 Å². The Balaban J connectivity index is 1.95. The molecule has 0 aliphatic rings. The van der Waals surface area contributed by atoms with Crippen molar-refractivity contribution < 1.29 is 0 Å². The van der Waals surface area contributed by atoms with Crippen LogP contribution in [0.3, 0.4) is 0 Å². The molecule has 28 heavy (non-hydrogen) atoms. The van der Waals surface area contributed by atoms with Crippen LogP contribution in [0.4, 0.5) is 5.69 Å². The molecule has 1 heterocycles. The summed E-state index contributed by atoms with van der Waals surface area (Å²) in [4.78, 5) is 7.33. The summed E-state index contributed by atoms with van der Waals surface area (Å²) in [6.45, 7) is 12.1. The Morgan fingerprint density at radius 3 is 2.50 bits per heavy atom. The topological polar surface area (TPSA) is 28.2 Å². The number of nitrogens with one attached hydrogen (secondary N) is 1. The number of hydrogen-bond donors (Lipinski definition) is 1. The zero-order valence-electron chi connectivity index (χ0n) is 17.1. The summed E-state index contributed by atoms with van der Waals surface area (Å²) >= 11 is 12.6. The van der Waals surface area contributed by atoms with Crippen molar-refractivity contribution in [2.45, 2.75) is 46.6 Å². The fourth-order valence-corrected chi connectivity index (χ4v) is 4.05. The van der Waals surface area contributed by atoms with Crippen molar-refractivity contribution in [1.82, 2.24) is 9.88 Å². The van der Waals surface area contributed by atoms with Crippen molar-refractivity contribution in [3.8, 4) is 0 Å². The number of fused-ring (bicyclic) bond motifs is 2. The fraction of sp³-hybridized carbons (Fsp3) is 0.435. The molecule has 3 nitrogen and oxygen atoms in total.